The summed E-state index contributed by atoms with van der Waals surface area (Å²) in [7, 11) is -2.02. The fourth-order valence-corrected chi connectivity index (χ4v) is 11.7. The summed E-state index contributed by atoms with van der Waals surface area (Å²) in [4.78, 5) is 80.2. The zero-order valence-electron chi connectivity index (χ0n) is 40.5. The number of piperazine rings is 1. The van der Waals surface area contributed by atoms with Crippen molar-refractivity contribution in [3.8, 4) is 5.75 Å². The van der Waals surface area contributed by atoms with E-state index >= 15 is 0 Å². The monoisotopic (exact) mass is 1060 g/mol. The van der Waals surface area contributed by atoms with Gasteiger partial charge in [0.25, 0.3) is 5.91 Å². The van der Waals surface area contributed by atoms with Crippen LogP contribution in [0.25, 0.3) is 11.0 Å². The van der Waals surface area contributed by atoms with Gasteiger partial charge in [-0.25, -0.2) is 13.4 Å². The number of aromatic nitrogens is 4. The van der Waals surface area contributed by atoms with Crippen LogP contribution in [-0.4, -0.2) is 144 Å². The van der Waals surface area contributed by atoms with Crippen LogP contribution in [0.5, 0.6) is 5.75 Å². The summed E-state index contributed by atoms with van der Waals surface area (Å²) in [6.45, 7) is 8.95. The van der Waals surface area contributed by atoms with Crippen LogP contribution in [0.4, 0.5) is 40.2 Å². The maximum Gasteiger partial charge on any atom is 0.255 e. The van der Waals surface area contributed by atoms with Gasteiger partial charge in [-0.05, 0) is 102 Å². The standard InChI is InChI=1S/C50H58BrN13O7S/c1-4-30-26-39(56-50-54-28-36(51)46(58-50)55-38-8-7-37-44(53-16-15-52-37)45(38)59-72(3,69)70)42(71-2)27-41(30)62-19-13-33(14-20-62)61-21-23-63(24-22-61)48(67)31-11-17-60(18-12-31)34-5-6-35-32(25-34)29-64(49(35)68)40-9-10-43(65)57-47(40)66/h5-8,15-16,25-28,31,33,40,59H,4,9-14,17-24,29H2,1-3H3,(H,57,65,66)(H2,54,55,56,58). The quantitative estimate of drug-likeness (QED) is 0.108. The number of hydrogen-bond donors (Lipinski definition) is 4. The maximum absolute atomic E-state index is 13.9. The van der Waals surface area contributed by atoms with E-state index in [2.05, 4.69) is 90.2 Å². The number of piperidine rings is 3. The van der Waals surface area contributed by atoms with Crippen molar-refractivity contribution in [2.24, 2.45) is 5.92 Å². The first-order valence-corrected chi connectivity index (χ1v) is 27.2. The van der Waals surface area contributed by atoms with E-state index in [1.54, 1.807) is 36.5 Å². The Hall–Kier alpha value is -6.65. The zero-order valence-corrected chi connectivity index (χ0v) is 42.9. The van der Waals surface area contributed by atoms with E-state index in [1.807, 2.05) is 18.2 Å². The summed E-state index contributed by atoms with van der Waals surface area (Å²) < 4.78 is 33.8. The number of ether oxygens (including phenoxy) is 1. The maximum atomic E-state index is 13.9. The third-order valence-electron chi connectivity index (χ3n) is 14.6. The van der Waals surface area contributed by atoms with Gasteiger partial charge in [-0.15, -0.1) is 0 Å². The lowest BCUT2D eigenvalue weighted by Gasteiger charge is -2.44. The molecule has 0 spiro atoms. The van der Waals surface area contributed by atoms with Gasteiger partial charge < -0.3 is 35.0 Å². The van der Waals surface area contributed by atoms with Gasteiger partial charge >= 0.3 is 0 Å². The molecule has 0 bridgehead atoms. The molecule has 10 rings (SSSR count). The molecule has 4 amide bonds. The van der Waals surface area contributed by atoms with E-state index in [0.717, 1.165) is 113 Å². The Bertz CT molecular complexity index is 3050. The number of rotatable bonds is 13. The number of carbonyl (C=O) groups excluding carboxylic acids is 4. The smallest absolute Gasteiger partial charge is 0.255 e. The van der Waals surface area contributed by atoms with Crippen molar-refractivity contribution < 1.29 is 32.3 Å². The molecule has 1 unspecified atom stereocenters. The molecule has 72 heavy (non-hydrogen) atoms. The molecule has 2 aromatic heterocycles. The Morgan fingerprint density at radius 3 is 2.33 bits per heavy atom. The van der Waals surface area contributed by atoms with Gasteiger partial charge in [0, 0.05) is 119 Å². The number of methoxy groups -OCH3 is 1. The number of amides is 4. The fourth-order valence-electron chi connectivity index (χ4n) is 10.8. The molecule has 7 heterocycles. The second kappa shape index (κ2) is 20.5. The number of nitrogens with zero attached hydrogens (tertiary/aromatic N) is 9. The van der Waals surface area contributed by atoms with Crippen molar-refractivity contribution in [3.63, 3.8) is 0 Å². The van der Waals surface area contributed by atoms with E-state index in [9.17, 15) is 27.6 Å². The first-order valence-electron chi connectivity index (χ1n) is 24.5. The number of aryl methyl sites for hydroxylation is 1. The van der Waals surface area contributed by atoms with E-state index < -0.39 is 22.0 Å². The molecule has 378 valence electrons. The van der Waals surface area contributed by atoms with Crippen LogP contribution in [0.1, 0.15) is 66.9 Å². The highest BCUT2D eigenvalue weighted by Gasteiger charge is 2.40. The van der Waals surface area contributed by atoms with Crippen molar-refractivity contribution in [1.82, 2.24) is 40.0 Å². The Labute approximate surface area is 426 Å². The lowest BCUT2D eigenvalue weighted by molar-refractivity contribution is -0.139. The number of halogens is 1. The van der Waals surface area contributed by atoms with Crippen LogP contribution < -0.4 is 35.2 Å². The van der Waals surface area contributed by atoms with Gasteiger partial charge in [-0.3, -0.25) is 44.1 Å². The molecule has 3 aromatic carbocycles. The van der Waals surface area contributed by atoms with E-state index in [4.69, 9.17) is 9.72 Å². The van der Waals surface area contributed by atoms with Crippen molar-refractivity contribution >= 4 is 101 Å². The third-order valence-corrected chi connectivity index (χ3v) is 15.8. The number of hydrogen-bond acceptors (Lipinski definition) is 16. The van der Waals surface area contributed by atoms with Gasteiger partial charge in [0.05, 0.1) is 40.4 Å². The van der Waals surface area contributed by atoms with Crippen LogP contribution in [-0.2, 0) is 37.4 Å². The Balaban J connectivity index is 0.715. The van der Waals surface area contributed by atoms with Crippen molar-refractivity contribution in [3.05, 3.63) is 82.2 Å². The van der Waals surface area contributed by atoms with Gasteiger partial charge in [0.1, 0.15) is 23.1 Å². The fraction of sp³-hybridized carbons (Fsp3) is 0.440. The molecule has 22 heteroatoms. The average molecular weight is 1070 g/mol. The first kappa shape index (κ1) is 49.0. The zero-order chi connectivity index (χ0) is 50.3. The predicted molar refractivity (Wildman–Crippen MR) is 277 cm³/mol. The third kappa shape index (κ3) is 10.2. The molecule has 0 saturated carbocycles. The summed E-state index contributed by atoms with van der Waals surface area (Å²) in [6.07, 6.45) is 10.7. The number of sulfonamides is 1. The van der Waals surface area contributed by atoms with Crippen LogP contribution in [0, 0.1) is 5.92 Å². The Morgan fingerprint density at radius 2 is 1.61 bits per heavy atom. The Morgan fingerprint density at radius 1 is 0.861 bits per heavy atom. The average Bonchev–Trinajstić information content (AvgIpc) is 3.71. The largest absolute Gasteiger partial charge is 0.494 e. The molecule has 4 N–H and O–H groups in total. The summed E-state index contributed by atoms with van der Waals surface area (Å²) in [5, 5.41) is 8.96. The predicted octanol–water partition coefficient (Wildman–Crippen LogP) is 5.40. The number of benzene rings is 3. The molecular weight excluding hydrogens is 1010 g/mol. The number of nitrogens with one attached hydrogen (secondary N) is 4. The molecule has 4 fully saturated rings. The second-order valence-electron chi connectivity index (χ2n) is 19.0. The number of carbonyl (C=O) groups is 4. The highest BCUT2D eigenvalue weighted by Crippen LogP contribution is 2.39. The normalized spacial score (nSPS) is 19.4. The lowest BCUT2D eigenvalue weighted by Crippen LogP contribution is -2.55. The minimum Gasteiger partial charge on any atom is -0.494 e. The SMILES string of the molecule is CCc1cc(Nc2ncc(Br)c(Nc3ccc4nccnc4c3NS(C)(=O)=O)n2)c(OC)cc1N1CCC(N2CCN(C(=O)C3CCN(c4ccc5c(c4)CN(C4CCC(=O)NC4=O)C5=O)CC3)CC2)CC1. The molecule has 5 aliphatic rings. The minimum atomic E-state index is -3.66. The van der Waals surface area contributed by atoms with Gasteiger partial charge in [0.2, 0.25) is 33.7 Å². The molecule has 0 radical (unpaired) electrons. The molecule has 1 atom stereocenters. The summed E-state index contributed by atoms with van der Waals surface area (Å²) in [6, 6.07) is 13.3. The first-order chi connectivity index (χ1) is 34.7. The number of anilines is 7. The van der Waals surface area contributed by atoms with Gasteiger partial charge in [0.15, 0.2) is 0 Å². The Kier molecular flexibility index (Phi) is 13.9. The number of fused-ring (bicyclic) bond motifs is 2. The topological polar surface area (TPSA) is 228 Å². The minimum absolute atomic E-state index is 0.0167. The highest BCUT2D eigenvalue weighted by atomic mass is 79.9. The molecule has 0 aliphatic carbocycles. The van der Waals surface area contributed by atoms with Crippen LogP contribution in [0.2, 0.25) is 0 Å². The summed E-state index contributed by atoms with van der Waals surface area (Å²) >= 11 is 3.54. The van der Waals surface area contributed by atoms with Crippen molar-refractivity contribution in [2.75, 3.05) is 90.9 Å². The summed E-state index contributed by atoms with van der Waals surface area (Å²) in [5.41, 5.74) is 7.09. The van der Waals surface area contributed by atoms with Crippen LogP contribution in [0.3, 0.4) is 0 Å². The van der Waals surface area contributed by atoms with Crippen molar-refractivity contribution in [2.45, 2.75) is 70.5 Å². The molecule has 4 saturated heterocycles. The van der Waals surface area contributed by atoms with E-state index in [0.29, 0.717) is 69.0 Å². The van der Waals surface area contributed by atoms with E-state index in [-0.39, 0.29) is 35.7 Å². The molecule has 5 aromatic rings. The van der Waals surface area contributed by atoms with Gasteiger partial charge in [-0.2, -0.15) is 4.98 Å². The van der Waals surface area contributed by atoms with Crippen molar-refractivity contribution in [1.29, 1.82) is 0 Å². The summed E-state index contributed by atoms with van der Waals surface area (Å²) in [5.74, 6) is 0.684. The van der Waals surface area contributed by atoms with Gasteiger partial charge in [-0.1, -0.05) is 6.92 Å². The second-order valence-corrected chi connectivity index (χ2v) is 21.6. The highest BCUT2D eigenvalue weighted by molar-refractivity contribution is 9.10. The van der Waals surface area contributed by atoms with Crippen LogP contribution in [0.15, 0.2) is 65.5 Å². The molecule has 5 aliphatic heterocycles. The lowest BCUT2D eigenvalue weighted by atomic mass is 9.94. The number of imide groups is 1. The molecule has 20 nitrogen and oxygen atoms in total. The molecular formula is C50H58BrN13O7S. The van der Waals surface area contributed by atoms with Crippen LogP contribution >= 0.6 is 15.9 Å². The van der Waals surface area contributed by atoms with E-state index in [1.165, 1.54) is 6.20 Å².